The SMILES string of the molecule is CCN(Cc1ccc(Cl)nc1)/C(=C/[N+](=O)[O-])NC.CO/C=C(/C(=O)OC)c1ccccc1COc1cccc(C(F)(F)F)n1. The first-order valence-electron chi connectivity index (χ1n) is 12.9. The number of nitro groups is 1. The fourth-order valence-corrected chi connectivity index (χ4v) is 3.77. The summed E-state index contributed by atoms with van der Waals surface area (Å²) in [6.45, 7) is 3.00. The molecule has 0 atom stereocenters. The van der Waals surface area contributed by atoms with Crippen molar-refractivity contribution in [3.05, 3.63) is 117 Å². The average molecular weight is 638 g/mol. The van der Waals surface area contributed by atoms with E-state index in [1.165, 1.54) is 32.6 Å². The van der Waals surface area contributed by atoms with Crippen molar-refractivity contribution in [1.82, 2.24) is 20.2 Å². The minimum Gasteiger partial charge on any atom is -0.503 e. The highest BCUT2D eigenvalue weighted by molar-refractivity contribution is 6.29. The van der Waals surface area contributed by atoms with Crippen LogP contribution in [0.3, 0.4) is 0 Å². The van der Waals surface area contributed by atoms with E-state index < -0.39 is 22.8 Å². The maximum Gasteiger partial charge on any atom is 0.433 e. The fourth-order valence-electron chi connectivity index (χ4n) is 3.65. The molecule has 44 heavy (non-hydrogen) atoms. The Kier molecular flexibility index (Phi) is 13.9. The molecule has 2 heterocycles. The van der Waals surface area contributed by atoms with Crippen LogP contribution in [0.25, 0.3) is 5.57 Å². The second-order valence-electron chi connectivity index (χ2n) is 8.62. The van der Waals surface area contributed by atoms with Crippen molar-refractivity contribution in [3.63, 3.8) is 0 Å². The van der Waals surface area contributed by atoms with Crippen molar-refractivity contribution in [2.24, 2.45) is 0 Å². The number of alkyl halides is 3. The van der Waals surface area contributed by atoms with Crippen LogP contribution in [0.5, 0.6) is 5.88 Å². The van der Waals surface area contributed by atoms with Crippen molar-refractivity contribution in [2.75, 3.05) is 27.8 Å². The van der Waals surface area contributed by atoms with Gasteiger partial charge in [0.15, 0.2) is 5.82 Å². The number of carbonyl (C=O) groups excluding carboxylic acids is 1. The van der Waals surface area contributed by atoms with E-state index in [-0.39, 0.29) is 18.1 Å². The summed E-state index contributed by atoms with van der Waals surface area (Å²) >= 11 is 5.70. The van der Waals surface area contributed by atoms with Crippen molar-refractivity contribution in [1.29, 1.82) is 0 Å². The van der Waals surface area contributed by atoms with E-state index in [2.05, 4.69) is 15.3 Å². The summed E-state index contributed by atoms with van der Waals surface area (Å²) in [5.41, 5.74) is 1.09. The van der Waals surface area contributed by atoms with Gasteiger partial charge in [0.05, 0.1) is 25.4 Å². The number of aromatic nitrogens is 2. The molecule has 0 saturated carbocycles. The van der Waals surface area contributed by atoms with Gasteiger partial charge in [0.2, 0.25) is 5.88 Å². The molecule has 0 fully saturated rings. The molecule has 0 aliphatic heterocycles. The lowest BCUT2D eigenvalue weighted by atomic mass is 10.0. The summed E-state index contributed by atoms with van der Waals surface area (Å²) in [4.78, 5) is 31.2. The molecule has 1 aromatic carbocycles. The number of hydrogen-bond acceptors (Lipinski definition) is 10. The molecule has 0 amide bonds. The van der Waals surface area contributed by atoms with Crippen molar-refractivity contribution in [2.45, 2.75) is 26.3 Å². The minimum atomic E-state index is -4.56. The number of nitrogens with zero attached hydrogens (tertiary/aromatic N) is 4. The van der Waals surface area contributed by atoms with E-state index in [9.17, 15) is 28.1 Å². The lowest BCUT2D eigenvalue weighted by molar-refractivity contribution is -0.404. The summed E-state index contributed by atoms with van der Waals surface area (Å²) in [5.74, 6) is -0.334. The standard InChI is InChI=1S/C18H16F3NO4.C11H15ClN4O2/c1-24-11-14(17(23)25-2)13-7-4-3-6-12(13)10-26-16-9-5-8-15(22-16)18(19,20)21;1-3-15(11(13-2)8-16(17)18)7-9-4-5-10(12)14-6-9/h3-9,11H,10H2,1-2H3;4-6,8,13H,3,7H2,1-2H3/b14-11+;11-8+. The third-order valence-corrected chi connectivity index (χ3v) is 5.93. The predicted octanol–water partition coefficient (Wildman–Crippen LogP) is 5.69. The van der Waals surface area contributed by atoms with Gasteiger partial charge in [0, 0.05) is 32.4 Å². The van der Waals surface area contributed by atoms with E-state index in [0.717, 1.165) is 17.8 Å². The van der Waals surface area contributed by atoms with Gasteiger partial charge in [-0.15, -0.1) is 0 Å². The minimum absolute atomic E-state index is 0.0947. The Morgan fingerprint density at radius 1 is 1.14 bits per heavy atom. The number of benzene rings is 1. The van der Waals surface area contributed by atoms with Gasteiger partial charge < -0.3 is 24.4 Å². The van der Waals surface area contributed by atoms with E-state index in [0.29, 0.717) is 35.2 Å². The topological polar surface area (TPSA) is 129 Å². The Morgan fingerprint density at radius 3 is 2.43 bits per heavy atom. The van der Waals surface area contributed by atoms with Gasteiger partial charge >= 0.3 is 12.1 Å². The summed E-state index contributed by atoms with van der Waals surface area (Å²) in [6, 6.07) is 13.7. The lowest BCUT2D eigenvalue weighted by Crippen LogP contribution is -2.30. The van der Waals surface area contributed by atoms with Crippen LogP contribution < -0.4 is 10.1 Å². The van der Waals surface area contributed by atoms with Gasteiger partial charge in [-0.1, -0.05) is 48.0 Å². The largest absolute Gasteiger partial charge is 0.503 e. The number of halogens is 4. The van der Waals surface area contributed by atoms with Crippen LogP contribution in [-0.4, -0.2) is 53.6 Å². The quantitative estimate of drug-likeness (QED) is 0.0660. The summed E-state index contributed by atoms with van der Waals surface area (Å²) < 4.78 is 53.2. The first-order valence-corrected chi connectivity index (χ1v) is 13.3. The number of pyridine rings is 2. The molecule has 3 aromatic rings. The van der Waals surface area contributed by atoms with Gasteiger partial charge in [-0.2, -0.15) is 13.2 Å². The number of hydrogen-bond donors (Lipinski definition) is 1. The van der Waals surface area contributed by atoms with Crippen LogP contribution in [0.15, 0.2) is 79.1 Å². The molecule has 236 valence electrons. The monoisotopic (exact) mass is 637 g/mol. The van der Waals surface area contributed by atoms with Crippen LogP contribution in [0.2, 0.25) is 5.15 Å². The van der Waals surface area contributed by atoms with E-state index in [1.54, 1.807) is 43.6 Å². The molecule has 3 rings (SSSR count). The van der Waals surface area contributed by atoms with Crippen LogP contribution in [-0.2, 0) is 33.6 Å². The number of carbonyl (C=O) groups is 1. The second-order valence-corrected chi connectivity index (χ2v) is 9.00. The molecule has 11 nitrogen and oxygen atoms in total. The molecule has 0 saturated heterocycles. The Bertz CT molecular complexity index is 1450. The molecule has 0 aliphatic carbocycles. The average Bonchev–Trinajstić information content (AvgIpc) is 3.01. The summed E-state index contributed by atoms with van der Waals surface area (Å²) in [6.07, 6.45) is -0.721. The third-order valence-electron chi connectivity index (χ3n) is 5.71. The van der Waals surface area contributed by atoms with Gasteiger partial charge in [0.1, 0.15) is 23.0 Å². The Labute approximate surface area is 257 Å². The molecule has 1 N–H and O–H groups in total. The van der Waals surface area contributed by atoms with Crippen LogP contribution in [0.1, 0.15) is 29.3 Å². The van der Waals surface area contributed by atoms with E-state index >= 15 is 0 Å². The maximum absolute atomic E-state index is 12.7. The third kappa shape index (κ3) is 11.1. The van der Waals surface area contributed by atoms with Gasteiger partial charge in [-0.05, 0) is 35.7 Å². The fraction of sp³-hybridized carbons (Fsp3) is 0.276. The lowest BCUT2D eigenvalue weighted by Gasteiger charge is -2.23. The zero-order valence-corrected chi connectivity index (χ0v) is 25.1. The highest BCUT2D eigenvalue weighted by Crippen LogP contribution is 2.29. The van der Waals surface area contributed by atoms with E-state index in [4.69, 9.17) is 25.8 Å². The number of esters is 1. The molecular formula is C29H31ClF3N5O6. The Balaban J connectivity index is 0.000000329. The van der Waals surface area contributed by atoms with Gasteiger partial charge in [0.25, 0.3) is 6.20 Å². The maximum atomic E-state index is 12.7. The van der Waals surface area contributed by atoms with Crippen molar-refractivity contribution >= 4 is 23.1 Å². The number of nitrogens with one attached hydrogen (secondary N) is 1. The summed E-state index contributed by atoms with van der Waals surface area (Å²) in [7, 11) is 4.27. The Hall–Kier alpha value is -4.85. The van der Waals surface area contributed by atoms with Crippen molar-refractivity contribution < 1.29 is 37.1 Å². The van der Waals surface area contributed by atoms with E-state index in [1.807, 2.05) is 17.9 Å². The summed E-state index contributed by atoms with van der Waals surface area (Å²) in [5, 5.41) is 13.8. The van der Waals surface area contributed by atoms with Crippen LogP contribution in [0, 0.1) is 10.1 Å². The first kappa shape index (κ1) is 35.3. The van der Waals surface area contributed by atoms with Crippen LogP contribution in [0.4, 0.5) is 13.2 Å². The number of ether oxygens (including phenoxy) is 3. The smallest absolute Gasteiger partial charge is 0.433 e. The highest BCUT2D eigenvalue weighted by Gasteiger charge is 2.32. The molecule has 0 unspecified atom stereocenters. The molecular weight excluding hydrogens is 607 g/mol. The van der Waals surface area contributed by atoms with Gasteiger partial charge in [-0.3, -0.25) is 10.1 Å². The first-order chi connectivity index (χ1) is 20.9. The molecule has 0 radical (unpaired) electrons. The highest BCUT2D eigenvalue weighted by atomic mass is 35.5. The number of rotatable bonds is 12. The molecule has 0 spiro atoms. The zero-order chi connectivity index (χ0) is 32.7. The predicted molar refractivity (Wildman–Crippen MR) is 156 cm³/mol. The molecule has 0 aliphatic rings. The molecule has 0 bridgehead atoms. The number of methoxy groups -OCH3 is 2. The van der Waals surface area contributed by atoms with Crippen molar-refractivity contribution in [3.8, 4) is 5.88 Å². The Morgan fingerprint density at radius 2 is 1.86 bits per heavy atom. The molecule has 2 aromatic heterocycles. The van der Waals surface area contributed by atoms with Gasteiger partial charge in [-0.25, -0.2) is 14.8 Å². The molecule has 15 heteroatoms. The second kappa shape index (κ2) is 17.3. The van der Waals surface area contributed by atoms with Crippen LogP contribution >= 0.6 is 11.6 Å². The zero-order valence-electron chi connectivity index (χ0n) is 24.3. The normalized spacial score (nSPS) is 11.5.